The zero-order valence-electron chi connectivity index (χ0n) is 13.7. The van der Waals surface area contributed by atoms with Gasteiger partial charge in [-0.3, -0.25) is 4.79 Å². The van der Waals surface area contributed by atoms with Gasteiger partial charge in [-0.1, -0.05) is 18.2 Å². The van der Waals surface area contributed by atoms with E-state index in [0.29, 0.717) is 19.6 Å². The van der Waals surface area contributed by atoms with Gasteiger partial charge >= 0.3 is 0 Å². The first kappa shape index (κ1) is 16.0. The number of aliphatic hydroxyl groups is 1. The summed E-state index contributed by atoms with van der Waals surface area (Å²) in [6, 6.07) is 8.33. The molecule has 2 atom stereocenters. The van der Waals surface area contributed by atoms with E-state index in [0.717, 1.165) is 6.42 Å². The minimum absolute atomic E-state index is 0.0418. The number of hydrogen-bond acceptors (Lipinski definition) is 3. The maximum atomic E-state index is 12.6. The van der Waals surface area contributed by atoms with Crippen molar-refractivity contribution in [2.75, 3.05) is 19.8 Å². The number of para-hydroxylation sites is 1. The molecule has 0 spiro atoms. The predicted octanol–water partition coefficient (Wildman–Crippen LogP) is 1.72. The fraction of sp³-hybridized carbons (Fsp3) is 0.500. The molecule has 3 rings (SSSR count). The highest BCUT2D eigenvalue weighted by Gasteiger charge is 2.28. The molecular weight excluding hydrogens is 292 g/mol. The van der Waals surface area contributed by atoms with Crippen LogP contribution in [0.2, 0.25) is 0 Å². The van der Waals surface area contributed by atoms with E-state index in [1.54, 1.807) is 0 Å². The Balaban J connectivity index is 1.68. The quantitative estimate of drug-likeness (QED) is 0.934. The van der Waals surface area contributed by atoms with E-state index in [1.165, 1.54) is 16.5 Å². The summed E-state index contributed by atoms with van der Waals surface area (Å²) in [7, 11) is 2.03. The minimum Gasteiger partial charge on any atom is -0.394 e. The number of ether oxygens (including phenoxy) is 1. The molecule has 5 nitrogen and oxygen atoms in total. The minimum atomic E-state index is -0.257. The van der Waals surface area contributed by atoms with Crippen LogP contribution < -0.4 is 0 Å². The lowest BCUT2D eigenvalue weighted by atomic mass is 10.1. The maximum absolute atomic E-state index is 12.6. The lowest BCUT2D eigenvalue weighted by molar-refractivity contribution is -0.146. The standard InChI is InChI=1S/C18H24N2O3/c1-13-12-23-15(11-21)10-20(13)18(22)8-7-14-9-19(2)17-6-4-3-5-16(14)17/h3-6,9,13,15,21H,7-8,10-12H2,1-2H3/t13-,15+/m0/s1. The van der Waals surface area contributed by atoms with Gasteiger partial charge in [-0.05, 0) is 25.0 Å². The van der Waals surface area contributed by atoms with Crippen LogP contribution in [-0.2, 0) is 23.0 Å². The van der Waals surface area contributed by atoms with E-state index >= 15 is 0 Å². The summed E-state index contributed by atoms with van der Waals surface area (Å²) in [6.07, 6.45) is 3.06. The van der Waals surface area contributed by atoms with Crippen molar-refractivity contribution in [1.82, 2.24) is 9.47 Å². The average molecular weight is 316 g/mol. The number of aryl methyl sites for hydroxylation is 2. The first-order valence-corrected chi connectivity index (χ1v) is 8.15. The lowest BCUT2D eigenvalue weighted by Crippen LogP contribution is -2.52. The molecule has 0 aliphatic carbocycles. The van der Waals surface area contributed by atoms with Crippen LogP contribution in [0, 0.1) is 0 Å². The van der Waals surface area contributed by atoms with Crippen molar-refractivity contribution in [2.45, 2.75) is 31.9 Å². The molecule has 1 aliphatic heterocycles. The molecule has 0 bridgehead atoms. The highest BCUT2D eigenvalue weighted by molar-refractivity contribution is 5.85. The average Bonchev–Trinajstić information content (AvgIpc) is 2.90. The summed E-state index contributed by atoms with van der Waals surface area (Å²) in [6.45, 7) is 2.92. The van der Waals surface area contributed by atoms with Crippen LogP contribution in [0.15, 0.2) is 30.5 Å². The van der Waals surface area contributed by atoms with Gasteiger partial charge in [0.15, 0.2) is 0 Å². The summed E-state index contributed by atoms with van der Waals surface area (Å²) in [4.78, 5) is 14.4. The molecule has 1 N–H and O–H groups in total. The third-order valence-electron chi connectivity index (χ3n) is 4.62. The highest BCUT2D eigenvalue weighted by atomic mass is 16.5. The molecule has 2 aromatic rings. The fourth-order valence-corrected chi connectivity index (χ4v) is 3.29. The number of morpholine rings is 1. The Kier molecular flexibility index (Phi) is 4.68. The van der Waals surface area contributed by atoms with Crippen molar-refractivity contribution in [3.8, 4) is 0 Å². The van der Waals surface area contributed by atoms with Gasteiger partial charge in [-0.2, -0.15) is 0 Å². The Bertz CT molecular complexity index is 695. The summed E-state index contributed by atoms with van der Waals surface area (Å²) >= 11 is 0. The van der Waals surface area contributed by atoms with Gasteiger partial charge in [0.25, 0.3) is 0 Å². The highest BCUT2D eigenvalue weighted by Crippen LogP contribution is 2.22. The summed E-state index contributed by atoms with van der Waals surface area (Å²) < 4.78 is 7.60. The van der Waals surface area contributed by atoms with Crippen LogP contribution in [0.25, 0.3) is 10.9 Å². The molecule has 124 valence electrons. The van der Waals surface area contributed by atoms with Gasteiger partial charge in [0, 0.05) is 37.1 Å². The third kappa shape index (κ3) is 3.26. The number of hydrogen-bond donors (Lipinski definition) is 1. The monoisotopic (exact) mass is 316 g/mol. The summed E-state index contributed by atoms with van der Waals surface area (Å²) in [5, 5.41) is 10.5. The largest absolute Gasteiger partial charge is 0.394 e. The SMILES string of the molecule is C[C@H]1CO[C@@H](CO)CN1C(=O)CCc1cn(C)c2ccccc12. The molecule has 1 aliphatic rings. The number of aromatic nitrogens is 1. The topological polar surface area (TPSA) is 54.7 Å². The molecule has 1 aromatic heterocycles. The van der Waals surface area contributed by atoms with Gasteiger partial charge in [-0.25, -0.2) is 0 Å². The summed E-state index contributed by atoms with van der Waals surface area (Å²) in [5.74, 6) is 0.132. The van der Waals surface area contributed by atoms with Gasteiger partial charge in [-0.15, -0.1) is 0 Å². The summed E-state index contributed by atoms with van der Waals surface area (Å²) in [5.41, 5.74) is 2.39. The number of carbonyl (C=O) groups is 1. The van der Waals surface area contributed by atoms with Gasteiger partial charge in [0.2, 0.25) is 5.91 Å². The van der Waals surface area contributed by atoms with Crippen LogP contribution in [-0.4, -0.2) is 52.4 Å². The Morgan fingerprint density at radius 2 is 2.17 bits per heavy atom. The molecule has 23 heavy (non-hydrogen) atoms. The number of rotatable bonds is 4. The Morgan fingerprint density at radius 3 is 2.96 bits per heavy atom. The lowest BCUT2D eigenvalue weighted by Gasteiger charge is -2.37. The van der Waals surface area contributed by atoms with Crippen LogP contribution >= 0.6 is 0 Å². The molecule has 2 heterocycles. The molecule has 0 saturated carbocycles. The molecule has 1 aromatic carbocycles. The van der Waals surface area contributed by atoms with E-state index in [2.05, 4.69) is 22.9 Å². The van der Waals surface area contributed by atoms with Crippen LogP contribution in [0.3, 0.4) is 0 Å². The second-order valence-electron chi connectivity index (χ2n) is 6.32. The smallest absolute Gasteiger partial charge is 0.223 e. The molecule has 1 fully saturated rings. The number of fused-ring (bicyclic) bond motifs is 1. The number of carbonyl (C=O) groups excluding carboxylic acids is 1. The van der Waals surface area contributed by atoms with Gasteiger partial charge < -0.3 is 19.3 Å². The zero-order chi connectivity index (χ0) is 16.4. The van der Waals surface area contributed by atoms with Crippen molar-refractivity contribution in [2.24, 2.45) is 7.05 Å². The molecule has 0 unspecified atom stereocenters. The second-order valence-corrected chi connectivity index (χ2v) is 6.32. The van der Waals surface area contributed by atoms with E-state index < -0.39 is 0 Å². The number of aliphatic hydroxyl groups excluding tert-OH is 1. The first-order valence-electron chi connectivity index (χ1n) is 8.15. The number of nitrogens with zero attached hydrogens (tertiary/aromatic N) is 2. The molecule has 5 heteroatoms. The van der Waals surface area contributed by atoms with Gasteiger partial charge in [0.05, 0.1) is 25.4 Å². The fourth-order valence-electron chi connectivity index (χ4n) is 3.29. The second kappa shape index (κ2) is 6.72. The number of benzene rings is 1. The van der Waals surface area contributed by atoms with E-state index in [4.69, 9.17) is 4.74 Å². The van der Waals surface area contributed by atoms with Crippen molar-refractivity contribution in [3.05, 3.63) is 36.0 Å². The van der Waals surface area contributed by atoms with Crippen molar-refractivity contribution in [3.63, 3.8) is 0 Å². The Labute approximate surface area is 136 Å². The Morgan fingerprint density at radius 1 is 1.39 bits per heavy atom. The number of amides is 1. The van der Waals surface area contributed by atoms with Crippen molar-refractivity contribution in [1.29, 1.82) is 0 Å². The van der Waals surface area contributed by atoms with Crippen LogP contribution in [0.5, 0.6) is 0 Å². The van der Waals surface area contributed by atoms with Crippen LogP contribution in [0.4, 0.5) is 0 Å². The predicted molar refractivity (Wildman–Crippen MR) is 89.2 cm³/mol. The molecular formula is C18H24N2O3. The van der Waals surface area contributed by atoms with Crippen LogP contribution in [0.1, 0.15) is 18.9 Å². The van der Waals surface area contributed by atoms with E-state index in [-0.39, 0.29) is 24.7 Å². The first-order chi connectivity index (χ1) is 11.1. The van der Waals surface area contributed by atoms with Gasteiger partial charge in [0.1, 0.15) is 0 Å². The molecule has 1 amide bonds. The van der Waals surface area contributed by atoms with E-state index in [1.807, 2.05) is 31.0 Å². The Hall–Kier alpha value is -1.85. The molecule has 1 saturated heterocycles. The maximum Gasteiger partial charge on any atom is 0.223 e. The van der Waals surface area contributed by atoms with Crippen molar-refractivity contribution >= 4 is 16.8 Å². The van der Waals surface area contributed by atoms with E-state index in [9.17, 15) is 9.90 Å². The normalized spacial score (nSPS) is 21.8. The molecule has 0 radical (unpaired) electrons. The zero-order valence-corrected chi connectivity index (χ0v) is 13.7. The van der Waals surface area contributed by atoms with Crippen molar-refractivity contribution < 1.29 is 14.6 Å². The third-order valence-corrected chi connectivity index (χ3v) is 4.62.